The Balaban J connectivity index is 2.75. The van der Waals surface area contributed by atoms with E-state index < -0.39 is 5.97 Å². The molecule has 0 amide bonds. The van der Waals surface area contributed by atoms with E-state index in [0.29, 0.717) is 5.56 Å². The Morgan fingerprint density at radius 2 is 2.31 bits per heavy atom. The molecule has 0 unspecified atom stereocenters. The molecule has 6 nitrogen and oxygen atoms in total. The van der Waals surface area contributed by atoms with E-state index in [2.05, 4.69) is 14.9 Å². The standard InChI is InChI=1S/C10H10N2O4/c1-16-10(14)8(12-15)5-9(13)7-3-2-4-11-6-7/h2-4,6,15H,5H2,1H3. The third kappa shape index (κ3) is 2.88. The predicted octanol–water partition coefficient (Wildman–Crippen LogP) is 0.658. The highest BCUT2D eigenvalue weighted by Crippen LogP contribution is 2.03. The first kappa shape index (κ1) is 11.8. The average molecular weight is 222 g/mol. The maximum atomic E-state index is 11.6. The van der Waals surface area contributed by atoms with Crippen molar-refractivity contribution in [3.63, 3.8) is 0 Å². The zero-order chi connectivity index (χ0) is 12.0. The third-order valence-electron chi connectivity index (χ3n) is 1.85. The van der Waals surface area contributed by atoms with Gasteiger partial charge in [-0.2, -0.15) is 0 Å². The molecule has 1 aromatic heterocycles. The molecule has 1 rings (SSSR count). The molecule has 0 radical (unpaired) electrons. The van der Waals surface area contributed by atoms with Crippen LogP contribution in [0.15, 0.2) is 29.7 Å². The third-order valence-corrected chi connectivity index (χ3v) is 1.85. The number of nitrogens with zero attached hydrogens (tertiary/aromatic N) is 2. The van der Waals surface area contributed by atoms with Crippen molar-refractivity contribution in [1.29, 1.82) is 0 Å². The molecule has 0 aromatic carbocycles. The lowest BCUT2D eigenvalue weighted by atomic mass is 10.1. The van der Waals surface area contributed by atoms with Crippen molar-refractivity contribution in [1.82, 2.24) is 4.98 Å². The van der Waals surface area contributed by atoms with E-state index in [-0.39, 0.29) is 17.9 Å². The summed E-state index contributed by atoms with van der Waals surface area (Å²) in [5, 5.41) is 11.3. The number of rotatable bonds is 4. The van der Waals surface area contributed by atoms with Crippen LogP contribution in [-0.2, 0) is 9.53 Å². The first-order valence-electron chi connectivity index (χ1n) is 4.41. The molecule has 6 heteroatoms. The van der Waals surface area contributed by atoms with Gasteiger partial charge in [0, 0.05) is 18.0 Å². The zero-order valence-corrected chi connectivity index (χ0v) is 8.58. The van der Waals surface area contributed by atoms with E-state index in [4.69, 9.17) is 5.21 Å². The second-order valence-corrected chi connectivity index (χ2v) is 2.88. The van der Waals surface area contributed by atoms with Crippen LogP contribution >= 0.6 is 0 Å². The van der Waals surface area contributed by atoms with Crippen LogP contribution in [0.2, 0.25) is 0 Å². The normalized spacial score (nSPS) is 10.9. The van der Waals surface area contributed by atoms with Gasteiger partial charge < -0.3 is 9.94 Å². The molecule has 0 bridgehead atoms. The summed E-state index contributed by atoms with van der Waals surface area (Å²) in [5.74, 6) is -1.20. The Hall–Kier alpha value is -2.24. The van der Waals surface area contributed by atoms with Crippen molar-refractivity contribution < 1.29 is 19.5 Å². The van der Waals surface area contributed by atoms with Gasteiger partial charge in [-0.15, -0.1) is 0 Å². The van der Waals surface area contributed by atoms with Crippen molar-refractivity contribution in [2.45, 2.75) is 6.42 Å². The Morgan fingerprint density at radius 1 is 1.56 bits per heavy atom. The molecule has 0 aliphatic carbocycles. The molecule has 1 heterocycles. The number of pyridine rings is 1. The number of ether oxygens (including phenoxy) is 1. The van der Waals surface area contributed by atoms with Gasteiger partial charge >= 0.3 is 5.97 Å². The van der Waals surface area contributed by atoms with E-state index in [0.717, 1.165) is 7.11 Å². The molecule has 0 atom stereocenters. The van der Waals surface area contributed by atoms with Crippen molar-refractivity contribution in [2.24, 2.45) is 5.16 Å². The van der Waals surface area contributed by atoms with E-state index >= 15 is 0 Å². The Labute approximate surface area is 91.6 Å². The highest BCUT2D eigenvalue weighted by Gasteiger charge is 2.18. The van der Waals surface area contributed by atoms with Crippen LogP contribution in [0.3, 0.4) is 0 Å². The van der Waals surface area contributed by atoms with Crippen LogP contribution in [0.5, 0.6) is 0 Å². The highest BCUT2D eigenvalue weighted by molar-refractivity contribution is 6.40. The van der Waals surface area contributed by atoms with Gasteiger partial charge in [0.15, 0.2) is 11.5 Å². The quantitative estimate of drug-likeness (QED) is 0.266. The Bertz CT molecular complexity index is 414. The molecule has 0 saturated carbocycles. The van der Waals surface area contributed by atoms with Crippen LogP contribution in [0.25, 0.3) is 0 Å². The van der Waals surface area contributed by atoms with E-state index in [1.807, 2.05) is 0 Å². The van der Waals surface area contributed by atoms with Gasteiger partial charge in [-0.1, -0.05) is 5.16 Å². The molecule has 84 valence electrons. The summed E-state index contributed by atoms with van der Waals surface area (Å²) in [6, 6.07) is 3.16. The molecule has 0 aliphatic rings. The smallest absolute Gasteiger partial charge is 0.356 e. The molecule has 16 heavy (non-hydrogen) atoms. The number of Topliss-reactive ketones (excluding diaryl/α,β-unsaturated/α-hetero) is 1. The molecular formula is C10H10N2O4. The summed E-state index contributed by atoms with van der Waals surface area (Å²) in [6.45, 7) is 0. The van der Waals surface area contributed by atoms with Crippen LogP contribution in [0.4, 0.5) is 0 Å². The summed E-state index contributed by atoms with van der Waals surface area (Å²) < 4.78 is 4.34. The predicted molar refractivity (Wildman–Crippen MR) is 54.4 cm³/mol. The number of oxime groups is 1. The number of methoxy groups -OCH3 is 1. The number of carbonyl (C=O) groups is 2. The lowest BCUT2D eigenvalue weighted by Gasteiger charge is -2.01. The first-order chi connectivity index (χ1) is 7.69. The molecule has 0 aliphatic heterocycles. The summed E-state index contributed by atoms with van der Waals surface area (Å²) in [4.78, 5) is 26.4. The minimum Gasteiger partial charge on any atom is -0.464 e. The minimum atomic E-state index is -0.834. The van der Waals surface area contributed by atoms with Crippen molar-refractivity contribution in [3.8, 4) is 0 Å². The lowest BCUT2D eigenvalue weighted by molar-refractivity contribution is -0.133. The maximum Gasteiger partial charge on any atom is 0.356 e. The van der Waals surface area contributed by atoms with Crippen molar-refractivity contribution >= 4 is 17.5 Å². The van der Waals surface area contributed by atoms with E-state index in [1.54, 1.807) is 12.1 Å². The van der Waals surface area contributed by atoms with Gasteiger partial charge in [0.1, 0.15) is 0 Å². The second-order valence-electron chi connectivity index (χ2n) is 2.88. The number of carbonyl (C=O) groups excluding carboxylic acids is 2. The fraction of sp³-hybridized carbons (Fsp3) is 0.200. The largest absolute Gasteiger partial charge is 0.464 e. The summed E-state index contributed by atoms with van der Waals surface area (Å²) in [6.07, 6.45) is 2.57. The number of esters is 1. The number of hydrogen-bond acceptors (Lipinski definition) is 6. The van der Waals surface area contributed by atoms with Gasteiger partial charge in [-0.3, -0.25) is 9.78 Å². The summed E-state index contributed by atoms with van der Waals surface area (Å²) in [7, 11) is 1.14. The lowest BCUT2D eigenvalue weighted by Crippen LogP contribution is -2.19. The van der Waals surface area contributed by atoms with Crippen LogP contribution in [0, 0.1) is 0 Å². The van der Waals surface area contributed by atoms with Crippen LogP contribution in [0.1, 0.15) is 16.8 Å². The Kier molecular flexibility index (Phi) is 4.14. The SMILES string of the molecule is COC(=O)C(CC(=O)c1cccnc1)=NO. The summed E-state index contributed by atoms with van der Waals surface area (Å²) >= 11 is 0. The van der Waals surface area contributed by atoms with Gasteiger partial charge in [0.2, 0.25) is 0 Å². The minimum absolute atomic E-state index is 0.325. The average Bonchev–Trinajstić information content (AvgIpc) is 2.35. The van der Waals surface area contributed by atoms with Gasteiger partial charge in [0.05, 0.1) is 13.5 Å². The maximum absolute atomic E-state index is 11.6. The molecule has 0 fully saturated rings. The molecular weight excluding hydrogens is 212 g/mol. The fourth-order valence-electron chi connectivity index (χ4n) is 1.05. The number of hydrogen-bond donors (Lipinski definition) is 1. The van der Waals surface area contributed by atoms with Crippen LogP contribution < -0.4 is 0 Å². The van der Waals surface area contributed by atoms with Gasteiger partial charge in [-0.25, -0.2) is 4.79 Å². The summed E-state index contributed by atoms with van der Waals surface area (Å²) in [5.41, 5.74) is 0.00362. The zero-order valence-electron chi connectivity index (χ0n) is 8.58. The topological polar surface area (TPSA) is 88.9 Å². The highest BCUT2D eigenvalue weighted by atomic mass is 16.5. The van der Waals surface area contributed by atoms with Crippen molar-refractivity contribution in [3.05, 3.63) is 30.1 Å². The fourth-order valence-corrected chi connectivity index (χ4v) is 1.05. The van der Waals surface area contributed by atoms with Crippen LogP contribution in [-0.4, -0.2) is 34.8 Å². The number of ketones is 1. The monoisotopic (exact) mass is 222 g/mol. The van der Waals surface area contributed by atoms with E-state index in [9.17, 15) is 9.59 Å². The molecule has 0 saturated heterocycles. The molecule has 0 spiro atoms. The first-order valence-corrected chi connectivity index (χ1v) is 4.41. The Morgan fingerprint density at radius 3 is 2.81 bits per heavy atom. The van der Waals surface area contributed by atoms with E-state index in [1.165, 1.54) is 12.4 Å². The van der Waals surface area contributed by atoms with Gasteiger partial charge in [0.25, 0.3) is 0 Å². The van der Waals surface area contributed by atoms with Gasteiger partial charge in [-0.05, 0) is 12.1 Å². The molecule has 1 N–H and O–H groups in total. The second kappa shape index (κ2) is 5.59. The molecule has 1 aromatic rings. The van der Waals surface area contributed by atoms with Crippen molar-refractivity contribution in [2.75, 3.05) is 7.11 Å². The number of aromatic nitrogens is 1.